The SMILES string of the molecule is O=C1CSc2ccc(C(=O)NCCCOC3CCCCC3)cc2N1. The number of fused-ring (bicyclic) bond motifs is 1. The van der Waals surface area contributed by atoms with Crippen LogP contribution >= 0.6 is 11.8 Å². The second-order valence-corrected chi connectivity index (χ2v) is 7.31. The Hall–Kier alpha value is -1.53. The average molecular weight is 348 g/mol. The largest absolute Gasteiger partial charge is 0.378 e. The van der Waals surface area contributed by atoms with Gasteiger partial charge in [0.1, 0.15) is 0 Å². The van der Waals surface area contributed by atoms with E-state index in [0.29, 0.717) is 30.6 Å². The first-order valence-electron chi connectivity index (χ1n) is 8.69. The summed E-state index contributed by atoms with van der Waals surface area (Å²) in [6.45, 7) is 1.30. The Morgan fingerprint density at radius 2 is 2.12 bits per heavy atom. The molecule has 0 aromatic heterocycles. The molecule has 2 aliphatic rings. The van der Waals surface area contributed by atoms with E-state index in [4.69, 9.17) is 4.74 Å². The van der Waals surface area contributed by atoms with Crippen LogP contribution in [0, 0.1) is 0 Å². The van der Waals surface area contributed by atoms with E-state index in [9.17, 15) is 9.59 Å². The zero-order chi connectivity index (χ0) is 16.8. The molecule has 1 heterocycles. The van der Waals surface area contributed by atoms with Crippen LogP contribution in [-0.4, -0.2) is 36.8 Å². The molecule has 1 aliphatic carbocycles. The highest BCUT2D eigenvalue weighted by Crippen LogP contribution is 2.31. The van der Waals surface area contributed by atoms with Crippen LogP contribution in [0.4, 0.5) is 5.69 Å². The van der Waals surface area contributed by atoms with Crippen molar-refractivity contribution in [3.05, 3.63) is 23.8 Å². The van der Waals surface area contributed by atoms with Gasteiger partial charge in [0.05, 0.1) is 17.5 Å². The quantitative estimate of drug-likeness (QED) is 0.775. The molecule has 2 amide bonds. The minimum absolute atomic E-state index is 0.0232. The van der Waals surface area contributed by atoms with Gasteiger partial charge in [-0.05, 0) is 37.5 Å². The molecule has 3 rings (SSSR count). The highest BCUT2D eigenvalue weighted by Gasteiger charge is 2.17. The Balaban J connectivity index is 1.40. The van der Waals surface area contributed by atoms with Gasteiger partial charge < -0.3 is 15.4 Å². The van der Waals surface area contributed by atoms with Crippen molar-refractivity contribution < 1.29 is 14.3 Å². The van der Waals surface area contributed by atoms with Crippen molar-refractivity contribution in [2.45, 2.75) is 49.5 Å². The normalized spacial score (nSPS) is 17.9. The Kier molecular flexibility index (Phi) is 6.15. The van der Waals surface area contributed by atoms with Crippen molar-refractivity contribution in [1.29, 1.82) is 0 Å². The highest BCUT2D eigenvalue weighted by molar-refractivity contribution is 8.00. The highest BCUT2D eigenvalue weighted by atomic mass is 32.2. The summed E-state index contributed by atoms with van der Waals surface area (Å²) in [4.78, 5) is 24.6. The van der Waals surface area contributed by atoms with E-state index in [1.54, 1.807) is 12.1 Å². The molecular formula is C18H24N2O3S. The van der Waals surface area contributed by atoms with E-state index in [0.717, 1.165) is 17.0 Å². The third-order valence-electron chi connectivity index (χ3n) is 4.39. The topological polar surface area (TPSA) is 67.4 Å². The van der Waals surface area contributed by atoms with Gasteiger partial charge in [-0.2, -0.15) is 0 Å². The first-order chi connectivity index (χ1) is 11.7. The van der Waals surface area contributed by atoms with Gasteiger partial charge in [-0.3, -0.25) is 9.59 Å². The molecule has 1 aromatic rings. The fraction of sp³-hybridized carbons (Fsp3) is 0.556. The summed E-state index contributed by atoms with van der Waals surface area (Å²) in [6, 6.07) is 5.44. The van der Waals surface area contributed by atoms with Gasteiger partial charge in [-0.25, -0.2) is 0 Å². The van der Waals surface area contributed by atoms with Gasteiger partial charge in [0.15, 0.2) is 0 Å². The fourth-order valence-corrected chi connectivity index (χ4v) is 3.87. The van der Waals surface area contributed by atoms with E-state index < -0.39 is 0 Å². The van der Waals surface area contributed by atoms with E-state index >= 15 is 0 Å². The first kappa shape index (κ1) is 17.3. The number of hydrogen-bond acceptors (Lipinski definition) is 4. The number of nitrogens with one attached hydrogen (secondary N) is 2. The standard InChI is InChI=1S/C18H24N2O3S/c21-17-12-24-16-8-7-13(11-15(16)20-17)18(22)19-9-4-10-23-14-5-2-1-3-6-14/h7-8,11,14H,1-6,9-10,12H2,(H,19,22)(H,20,21). The van der Waals surface area contributed by atoms with Crippen LogP contribution in [0.3, 0.4) is 0 Å². The lowest BCUT2D eigenvalue weighted by Crippen LogP contribution is -2.26. The smallest absolute Gasteiger partial charge is 0.251 e. The summed E-state index contributed by atoms with van der Waals surface area (Å²) in [5.74, 6) is 0.296. The molecule has 0 atom stereocenters. The van der Waals surface area contributed by atoms with Gasteiger partial charge in [0.2, 0.25) is 5.91 Å². The maximum Gasteiger partial charge on any atom is 0.251 e. The predicted molar refractivity (Wildman–Crippen MR) is 95.6 cm³/mol. The third-order valence-corrected chi connectivity index (χ3v) is 5.46. The van der Waals surface area contributed by atoms with Gasteiger partial charge in [-0.1, -0.05) is 19.3 Å². The maximum absolute atomic E-state index is 12.2. The van der Waals surface area contributed by atoms with Crippen LogP contribution in [0.1, 0.15) is 48.9 Å². The Morgan fingerprint density at radius 1 is 1.29 bits per heavy atom. The Morgan fingerprint density at radius 3 is 2.96 bits per heavy atom. The van der Waals surface area contributed by atoms with Crippen molar-refractivity contribution in [1.82, 2.24) is 5.32 Å². The number of carbonyl (C=O) groups excluding carboxylic acids is 2. The second-order valence-electron chi connectivity index (χ2n) is 6.29. The van der Waals surface area contributed by atoms with Gasteiger partial charge in [0.25, 0.3) is 5.91 Å². The first-order valence-corrected chi connectivity index (χ1v) is 9.67. The lowest BCUT2D eigenvalue weighted by Gasteiger charge is -2.22. The number of thioether (sulfide) groups is 1. The molecule has 1 aliphatic heterocycles. The number of rotatable bonds is 6. The molecule has 2 N–H and O–H groups in total. The van der Waals surface area contributed by atoms with E-state index in [1.807, 2.05) is 6.07 Å². The van der Waals surface area contributed by atoms with Crippen molar-refractivity contribution >= 4 is 29.3 Å². The van der Waals surface area contributed by atoms with Crippen molar-refractivity contribution in [3.8, 4) is 0 Å². The molecule has 1 aromatic carbocycles. The van der Waals surface area contributed by atoms with Crippen LogP contribution in [0.2, 0.25) is 0 Å². The van der Waals surface area contributed by atoms with Crippen LogP contribution < -0.4 is 10.6 Å². The molecule has 5 nitrogen and oxygen atoms in total. The molecule has 24 heavy (non-hydrogen) atoms. The predicted octanol–water partition coefficient (Wildman–Crippen LogP) is 3.20. The summed E-state index contributed by atoms with van der Waals surface area (Å²) < 4.78 is 5.86. The van der Waals surface area contributed by atoms with Crippen LogP contribution in [0.5, 0.6) is 0 Å². The van der Waals surface area contributed by atoms with E-state index in [2.05, 4.69) is 10.6 Å². The zero-order valence-electron chi connectivity index (χ0n) is 13.8. The minimum Gasteiger partial charge on any atom is -0.378 e. The molecule has 0 radical (unpaired) electrons. The lowest BCUT2D eigenvalue weighted by atomic mass is 9.98. The number of anilines is 1. The average Bonchev–Trinajstić information content (AvgIpc) is 2.61. The molecular weight excluding hydrogens is 324 g/mol. The molecule has 130 valence electrons. The molecule has 6 heteroatoms. The van der Waals surface area contributed by atoms with Crippen molar-refractivity contribution in [2.24, 2.45) is 0 Å². The minimum atomic E-state index is -0.111. The van der Waals surface area contributed by atoms with Gasteiger partial charge in [0, 0.05) is 23.6 Å². The second kappa shape index (κ2) is 8.53. The summed E-state index contributed by atoms with van der Waals surface area (Å²) >= 11 is 1.49. The molecule has 1 fully saturated rings. The molecule has 0 unspecified atom stereocenters. The number of benzene rings is 1. The summed E-state index contributed by atoms with van der Waals surface area (Å²) in [6.07, 6.45) is 7.45. The van der Waals surface area contributed by atoms with Crippen molar-refractivity contribution in [2.75, 3.05) is 24.2 Å². The monoisotopic (exact) mass is 348 g/mol. The number of hydrogen-bond donors (Lipinski definition) is 2. The van der Waals surface area contributed by atoms with Crippen LogP contribution in [0.15, 0.2) is 23.1 Å². The van der Waals surface area contributed by atoms with Crippen molar-refractivity contribution in [3.63, 3.8) is 0 Å². The molecule has 0 spiro atoms. The summed E-state index contributed by atoms with van der Waals surface area (Å²) in [5.41, 5.74) is 1.30. The molecule has 0 saturated heterocycles. The molecule has 1 saturated carbocycles. The number of amides is 2. The Labute approximate surface area is 146 Å². The third kappa shape index (κ3) is 4.74. The fourth-order valence-electron chi connectivity index (χ4n) is 3.08. The molecule has 0 bridgehead atoms. The van der Waals surface area contributed by atoms with Gasteiger partial charge >= 0.3 is 0 Å². The summed E-state index contributed by atoms with van der Waals surface area (Å²) in [5, 5.41) is 5.72. The van der Waals surface area contributed by atoms with E-state index in [-0.39, 0.29) is 11.8 Å². The van der Waals surface area contributed by atoms with Gasteiger partial charge in [-0.15, -0.1) is 11.8 Å². The summed E-state index contributed by atoms with van der Waals surface area (Å²) in [7, 11) is 0. The van der Waals surface area contributed by atoms with Crippen LogP contribution in [-0.2, 0) is 9.53 Å². The lowest BCUT2D eigenvalue weighted by molar-refractivity contribution is -0.113. The Bertz CT molecular complexity index is 600. The zero-order valence-corrected chi connectivity index (χ0v) is 14.6. The van der Waals surface area contributed by atoms with Crippen LogP contribution in [0.25, 0.3) is 0 Å². The number of ether oxygens (including phenoxy) is 1. The number of carbonyl (C=O) groups is 2. The maximum atomic E-state index is 12.2. The van der Waals surface area contributed by atoms with E-state index in [1.165, 1.54) is 43.9 Å².